The molecule has 1 aromatic rings. The summed E-state index contributed by atoms with van der Waals surface area (Å²) in [6.45, 7) is 7.61. The average Bonchev–Trinajstić information content (AvgIpc) is 2.61. The number of halogens is 3. The van der Waals surface area contributed by atoms with Gasteiger partial charge in [-0.3, -0.25) is 0 Å². The first-order chi connectivity index (χ1) is 12.7. The summed E-state index contributed by atoms with van der Waals surface area (Å²) in [4.78, 5) is 16.4. The molecule has 1 fully saturated rings. The van der Waals surface area contributed by atoms with Gasteiger partial charge in [0, 0.05) is 38.8 Å². The zero-order chi connectivity index (χ0) is 20.0. The molecule has 0 aliphatic carbocycles. The summed E-state index contributed by atoms with van der Waals surface area (Å²) in [5.74, 6) is 0. The lowest BCUT2D eigenvalue weighted by Crippen LogP contribution is -2.46. The summed E-state index contributed by atoms with van der Waals surface area (Å²) in [5.41, 5.74) is -0.107. The molecule has 0 unspecified atom stereocenters. The molecule has 0 radical (unpaired) electrons. The molecule has 2 rings (SSSR count). The van der Waals surface area contributed by atoms with Crippen molar-refractivity contribution >= 4 is 17.4 Å². The minimum atomic E-state index is -4.49. The minimum absolute atomic E-state index is 0.0854. The Morgan fingerprint density at radius 3 is 2.48 bits per heavy atom. The highest BCUT2D eigenvalue weighted by Gasteiger charge is 2.32. The van der Waals surface area contributed by atoms with E-state index in [0.29, 0.717) is 25.2 Å². The lowest BCUT2D eigenvalue weighted by molar-refractivity contribution is -0.137. The van der Waals surface area contributed by atoms with Crippen molar-refractivity contribution in [2.75, 3.05) is 49.5 Å². The van der Waals surface area contributed by atoms with Gasteiger partial charge in [-0.1, -0.05) is 6.92 Å². The lowest BCUT2D eigenvalue weighted by atomic mass is 10.1. The number of benzene rings is 1. The number of anilines is 2. The molecule has 1 aromatic carbocycles. The lowest BCUT2D eigenvalue weighted by Gasteiger charge is -2.36. The zero-order valence-corrected chi connectivity index (χ0v) is 15.6. The van der Waals surface area contributed by atoms with E-state index in [-0.39, 0.29) is 18.3 Å². The molecule has 1 atom stereocenters. The Labute approximate surface area is 157 Å². The predicted molar refractivity (Wildman–Crippen MR) is 99.1 cm³/mol. The van der Waals surface area contributed by atoms with Crippen molar-refractivity contribution in [3.05, 3.63) is 23.8 Å². The van der Waals surface area contributed by atoms with Crippen LogP contribution in [0.25, 0.3) is 0 Å². The van der Waals surface area contributed by atoms with Gasteiger partial charge in [0.15, 0.2) is 0 Å². The highest BCUT2D eigenvalue weighted by atomic mass is 19.4. The summed E-state index contributed by atoms with van der Waals surface area (Å²) >= 11 is 0. The van der Waals surface area contributed by atoms with Gasteiger partial charge >= 0.3 is 12.2 Å². The molecule has 0 bridgehead atoms. The molecule has 9 heteroatoms. The van der Waals surface area contributed by atoms with E-state index in [1.54, 1.807) is 6.92 Å². The monoisotopic (exact) mass is 388 g/mol. The van der Waals surface area contributed by atoms with Crippen molar-refractivity contribution in [2.24, 2.45) is 0 Å². The Balaban J connectivity index is 2.21. The molecular formula is C18H27F3N4O2. The topological polar surface area (TPSA) is 67.8 Å². The first-order valence-corrected chi connectivity index (χ1v) is 9.11. The summed E-state index contributed by atoms with van der Waals surface area (Å²) in [6, 6.07) is 2.54. The first-order valence-electron chi connectivity index (χ1n) is 9.11. The van der Waals surface area contributed by atoms with Crippen LogP contribution in [0.2, 0.25) is 0 Å². The van der Waals surface area contributed by atoms with Crippen molar-refractivity contribution < 1.29 is 23.1 Å². The van der Waals surface area contributed by atoms with Crippen molar-refractivity contribution in [3.8, 4) is 0 Å². The van der Waals surface area contributed by atoms with Crippen molar-refractivity contribution in [3.63, 3.8) is 0 Å². The van der Waals surface area contributed by atoms with Gasteiger partial charge in [-0.2, -0.15) is 13.2 Å². The average molecular weight is 388 g/mol. The van der Waals surface area contributed by atoms with Gasteiger partial charge in [-0.25, -0.2) is 4.79 Å². The number of piperazine rings is 1. The number of alkyl halides is 3. The van der Waals surface area contributed by atoms with Gasteiger partial charge in [0.05, 0.1) is 16.9 Å². The van der Waals surface area contributed by atoms with E-state index in [1.807, 2.05) is 4.90 Å². The zero-order valence-electron chi connectivity index (χ0n) is 15.6. The number of nitrogens with zero attached hydrogens (tertiary/aromatic N) is 2. The van der Waals surface area contributed by atoms with Gasteiger partial charge in [-0.05, 0) is 38.1 Å². The van der Waals surface area contributed by atoms with Gasteiger partial charge < -0.3 is 25.5 Å². The number of likely N-dealkylation sites (N-methyl/N-ethyl adjacent to an activating group) is 1. The predicted octanol–water partition coefficient (Wildman–Crippen LogP) is 2.74. The molecule has 1 heterocycles. The van der Waals surface area contributed by atoms with Gasteiger partial charge in [0.2, 0.25) is 0 Å². The van der Waals surface area contributed by atoms with Crippen molar-refractivity contribution in [1.29, 1.82) is 0 Å². The molecule has 2 amide bonds. The maximum atomic E-state index is 13.1. The molecule has 152 valence electrons. The Morgan fingerprint density at radius 2 is 1.93 bits per heavy atom. The van der Waals surface area contributed by atoms with Crippen LogP contribution in [0.15, 0.2) is 18.2 Å². The van der Waals surface area contributed by atoms with Crippen LogP contribution >= 0.6 is 0 Å². The van der Waals surface area contributed by atoms with Crippen LogP contribution in [0.1, 0.15) is 25.8 Å². The molecule has 6 nitrogen and oxygen atoms in total. The van der Waals surface area contributed by atoms with Crippen LogP contribution < -0.4 is 15.5 Å². The van der Waals surface area contributed by atoms with E-state index in [2.05, 4.69) is 22.5 Å². The highest BCUT2D eigenvalue weighted by Crippen LogP contribution is 2.35. The van der Waals surface area contributed by atoms with Crippen LogP contribution in [0.3, 0.4) is 0 Å². The Bertz CT molecular complexity index is 632. The second kappa shape index (κ2) is 9.27. The Morgan fingerprint density at radius 1 is 1.26 bits per heavy atom. The molecule has 0 spiro atoms. The van der Waals surface area contributed by atoms with E-state index in [4.69, 9.17) is 5.11 Å². The number of hydrogen-bond acceptors (Lipinski definition) is 4. The summed E-state index contributed by atoms with van der Waals surface area (Å²) in [6.07, 6.45) is -4.13. The third-order valence-corrected chi connectivity index (χ3v) is 4.67. The first kappa shape index (κ1) is 21.3. The normalized spacial score (nSPS) is 16.9. The standard InChI is InChI=1S/C18H27F3N4O2/c1-3-24-7-9-25(10-8-24)16-5-4-14(18(19,20)21)12-15(16)23-17(27)22-13(2)6-11-26/h4-5,12-13,26H,3,6-11H2,1-2H3,(H2,22,23,27)/t13-/m1/s1. The smallest absolute Gasteiger partial charge is 0.396 e. The van der Waals surface area contributed by atoms with Crippen LogP contribution in [-0.4, -0.2) is 61.4 Å². The van der Waals surface area contributed by atoms with Crippen molar-refractivity contribution in [1.82, 2.24) is 10.2 Å². The summed E-state index contributed by atoms with van der Waals surface area (Å²) in [5, 5.41) is 14.1. The fourth-order valence-corrected chi connectivity index (χ4v) is 3.04. The van der Waals surface area contributed by atoms with Crippen LogP contribution in [0.5, 0.6) is 0 Å². The molecule has 27 heavy (non-hydrogen) atoms. The minimum Gasteiger partial charge on any atom is -0.396 e. The SMILES string of the molecule is CCN1CCN(c2ccc(C(F)(F)F)cc2NC(=O)N[C@H](C)CCO)CC1. The van der Waals surface area contributed by atoms with E-state index in [1.165, 1.54) is 6.07 Å². The molecule has 3 N–H and O–H groups in total. The van der Waals surface area contributed by atoms with E-state index in [9.17, 15) is 18.0 Å². The van der Waals surface area contributed by atoms with E-state index in [0.717, 1.165) is 31.8 Å². The number of amides is 2. The highest BCUT2D eigenvalue weighted by molar-refractivity contribution is 5.93. The molecule has 0 aromatic heterocycles. The van der Waals surface area contributed by atoms with Crippen LogP contribution in [0, 0.1) is 0 Å². The molecule has 1 aliphatic rings. The van der Waals surface area contributed by atoms with Gasteiger partial charge in [0.25, 0.3) is 0 Å². The number of nitrogens with one attached hydrogen (secondary N) is 2. The Kier molecular flexibility index (Phi) is 7.32. The fraction of sp³-hybridized carbons (Fsp3) is 0.611. The van der Waals surface area contributed by atoms with E-state index >= 15 is 0 Å². The maximum Gasteiger partial charge on any atom is 0.416 e. The van der Waals surface area contributed by atoms with Crippen LogP contribution in [0.4, 0.5) is 29.3 Å². The number of rotatable bonds is 6. The third kappa shape index (κ3) is 6.00. The van der Waals surface area contributed by atoms with Crippen molar-refractivity contribution in [2.45, 2.75) is 32.5 Å². The third-order valence-electron chi connectivity index (χ3n) is 4.67. The number of urea groups is 1. The Hall–Kier alpha value is -2.00. The van der Waals surface area contributed by atoms with E-state index < -0.39 is 17.8 Å². The second-order valence-electron chi connectivity index (χ2n) is 6.66. The van der Waals surface area contributed by atoms with Crippen LogP contribution in [-0.2, 0) is 6.18 Å². The molecular weight excluding hydrogens is 361 g/mol. The maximum absolute atomic E-state index is 13.1. The summed E-state index contributed by atoms with van der Waals surface area (Å²) < 4.78 is 39.3. The number of aliphatic hydroxyl groups excluding tert-OH is 1. The largest absolute Gasteiger partial charge is 0.416 e. The molecule has 1 aliphatic heterocycles. The van der Waals surface area contributed by atoms with Gasteiger partial charge in [0.1, 0.15) is 0 Å². The fourth-order valence-electron chi connectivity index (χ4n) is 3.04. The number of carbonyl (C=O) groups excluding carboxylic acids is 1. The number of carbonyl (C=O) groups is 1. The summed E-state index contributed by atoms with van der Waals surface area (Å²) in [7, 11) is 0. The second-order valence-corrected chi connectivity index (χ2v) is 6.66. The number of hydrogen-bond donors (Lipinski definition) is 3. The molecule has 0 saturated carbocycles. The molecule has 1 saturated heterocycles. The number of aliphatic hydroxyl groups is 1. The quantitative estimate of drug-likeness (QED) is 0.701. The van der Waals surface area contributed by atoms with Gasteiger partial charge in [-0.15, -0.1) is 0 Å².